The summed E-state index contributed by atoms with van der Waals surface area (Å²) in [5, 5.41) is 6.01. The van der Waals surface area contributed by atoms with Crippen LogP contribution in [0.5, 0.6) is 0 Å². The minimum Gasteiger partial charge on any atom is -0.342 e. The maximum atomic E-state index is 11.8. The molecule has 0 bridgehead atoms. The van der Waals surface area contributed by atoms with E-state index in [0.29, 0.717) is 19.1 Å². The average molecular weight is 291 g/mol. The van der Waals surface area contributed by atoms with Crippen molar-refractivity contribution in [1.82, 2.24) is 10.2 Å². The maximum Gasteiger partial charge on any atom is 0.238 e. The molecular weight excluding hydrogens is 266 g/mol. The van der Waals surface area contributed by atoms with E-state index in [2.05, 4.69) is 17.6 Å². The van der Waals surface area contributed by atoms with E-state index in [1.807, 2.05) is 31.2 Å². The molecule has 21 heavy (non-hydrogen) atoms. The van der Waals surface area contributed by atoms with Crippen molar-refractivity contribution >= 4 is 17.5 Å². The molecule has 0 aliphatic carbocycles. The molecule has 0 saturated carbocycles. The summed E-state index contributed by atoms with van der Waals surface area (Å²) in [6, 6.07) is 7.87. The fourth-order valence-electron chi connectivity index (χ4n) is 1.75. The van der Waals surface area contributed by atoms with Gasteiger partial charge in [0, 0.05) is 32.2 Å². The lowest BCUT2D eigenvalue weighted by Gasteiger charge is -2.16. The summed E-state index contributed by atoms with van der Waals surface area (Å²) in [6.07, 6.45) is 0.986. The number of benzene rings is 1. The van der Waals surface area contributed by atoms with E-state index in [4.69, 9.17) is 0 Å². The first-order valence-corrected chi connectivity index (χ1v) is 7.26. The molecule has 0 saturated heterocycles. The molecule has 0 radical (unpaired) electrons. The van der Waals surface area contributed by atoms with E-state index in [0.717, 1.165) is 17.7 Å². The average Bonchev–Trinajstić information content (AvgIpc) is 2.44. The third kappa shape index (κ3) is 6.40. The Morgan fingerprint density at radius 2 is 2.05 bits per heavy atom. The molecule has 5 heteroatoms. The Kier molecular flexibility index (Phi) is 6.88. The molecule has 5 nitrogen and oxygen atoms in total. The van der Waals surface area contributed by atoms with Crippen molar-refractivity contribution < 1.29 is 9.59 Å². The molecule has 0 aliphatic heterocycles. The predicted molar refractivity (Wildman–Crippen MR) is 85.0 cm³/mol. The Hall–Kier alpha value is -1.88. The largest absolute Gasteiger partial charge is 0.342 e. The SMILES string of the molecule is CCC(C)NCC(=O)Nc1cccc(CN(C)C(C)=O)c1. The van der Waals surface area contributed by atoms with Crippen LogP contribution in [0.3, 0.4) is 0 Å². The summed E-state index contributed by atoms with van der Waals surface area (Å²) >= 11 is 0. The highest BCUT2D eigenvalue weighted by molar-refractivity contribution is 5.92. The van der Waals surface area contributed by atoms with Crippen LogP contribution >= 0.6 is 0 Å². The smallest absolute Gasteiger partial charge is 0.238 e. The summed E-state index contributed by atoms with van der Waals surface area (Å²) in [4.78, 5) is 24.7. The van der Waals surface area contributed by atoms with Crippen LogP contribution in [0.25, 0.3) is 0 Å². The number of amides is 2. The summed E-state index contributed by atoms with van der Waals surface area (Å²) in [7, 11) is 1.75. The molecule has 0 aliphatic rings. The van der Waals surface area contributed by atoms with Gasteiger partial charge < -0.3 is 15.5 Å². The lowest BCUT2D eigenvalue weighted by molar-refractivity contribution is -0.128. The van der Waals surface area contributed by atoms with Crippen molar-refractivity contribution in [2.45, 2.75) is 39.8 Å². The second-order valence-electron chi connectivity index (χ2n) is 5.31. The van der Waals surface area contributed by atoms with Crippen LogP contribution in [0.4, 0.5) is 5.69 Å². The molecule has 2 amide bonds. The summed E-state index contributed by atoms with van der Waals surface area (Å²) < 4.78 is 0. The number of carbonyl (C=O) groups is 2. The molecule has 0 heterocycles. The van der Waals surface area contributed by atoms with Gasteiger partial charge in [0.05, 0.1) is 6.54 Å². The Bertz CT molecular complexity index is 488. The van der Waals surface area contributed by atoms with Gasteiger partial charge in [-0.1, -0.05) is 19.1 Å². The molecule has 1 rings (SSSR count). The number of rotatable bonds is 7. The van der Waals surface area contributed by atoms with Crippen LogP contribution in [0.2, 0.25) is 0 Å². The van der Waals surface area contributed by atoms with Crippen molar-refractivity contribution in [2.75, 3.05) is 18.9 Å². The summed E-state index contributed by atoms with van der Waals surface area (Å²) in [6.45, 7) is 6.49. The second kappa shape index (κ2) is 8.42. The number of anilines is 1. The van der Waals surface area contributed by atoms with E-state index >= 15 is 0 Å². The van der Waals surface area contributed by atoms with Gasteiger partial charge in [0.1, 0.15) is 0 Å². The first-order valence-electron chi connectivity index (χ1n) is 7.26. The molecule has 2 N–H and O–H groups in total. The van der Waals surface area contributed by atoms with Crippen molar-refractivity contribution in [2.24, 2.45) is 0 Å². The first-order chi connectivity index (χ1) is 9.92. The van der Waals surface area contributed by atoms with Crippen molar-refractivity contribution in [3.63, 3.8) is 0 Å². The molecule has 1 unspecified atom stereocenters. The maximum absolute atomic E-state index is 11.8. The summed E-state index contributed by atoms with van der Waals surface area (Å²) in [5.74, 6) is -0.0467. The Morgan fingerprint density at radius 1 is 1.33 bits per heavy atom. The van der Waals surface area contributed by atoms with Gasteiger partial charge in [0.25, 0.3) is 0 Å². The quantitative estimate of drug-likeness (QED) is 0.807. The van der Waals surface area contributed by atoms with E-state index in [1.54, 1.807) is 11.9 Å². The van der Waals surface area contributed by atoms with Gasteiger partial charge in [0.2, 0.25) is 11.8 Å². The molecule has 1 aromatic rings. The van der Waals surface area contributed by atoms with Crippen LogP contribution in [-0.2, 0) is 16.1 Å². The lowest BCUT2D eigenvalue weighted by Crippen LogP contribution is -2.34. The highest BCUT2D eigenvalue weighted by atomic mass is 16.2. The molecule has 0 aromatic heterocycles. The molecule has 116 valence electrons. The number of nitrogens with one attached hydrogen (secondary N) is 2. The highest BCUT2D eigenvalue weighted by Gasteiger charge is 2.07. The zero-order valence-corrected chi connectivity index (χ0v) is 13.3. The van der Waals surface area contributed by atoms with Crippen molar-refractivity contribution in [3.05, 3.63) is 29.8 Å². The van der Waals surface area contributed by atoms with Gasteiger partial charge in [-0.15, -0.1) is 0 Å². The Labute approximate surface area is 126 Å². The monoisotopic (exact) mass is 291 g/mol. The van der Waals surface area contributed by atoms with Crippen LogP contribution in [0.1, 0.15) is 32.8 Å². The van der Waals surface area contributed by atoms with Crippen LogP contribution in [0, 0.1) is 0 Å². The van der Waals surface area contributed by atoms with Crippen LogP contribution in [0.15, 0.2) is 24.3 Å². The standard InChI is InChI=1S/C16H25N3O2/c1-5-12(2)17-10-16(21)18-15-8-6-7-14(9-15)11-19(4)13(3)20/h6-9,12,17H,5,10-11H2,1-4H3,(H,18,21). The van der Waals surface area contributed by atoms with E-state index < -0.39 is 0 Å². The molecule has 1 aromatic carbocycles. The van der Waals surface area contributed by atoms with E-state index in [1.165, 1.54) is 6.92 Å². The van der Waals surface area contributed by atoms with Gasteiger partial charge >= 0.3 is 0 Å². The number of hydrogen-bond acceptors (Lipinski definition) is 3. The third-order valence-corrected chi connectivity index (χ3v) is 3.39. The molecule has 0 spiro atoms. The highest BCUT2D eigenvalue weighted by Crippen LogP contribution is 2.12. The van der Waals surface area contributed by atoms with Gasteiger partial charge in [-0.3, -0.25) is 9.59 Å². The lowest BCUT2D eigenvalue weighted by atomic mass is 10.2. The number of hydrogen-bond donors (Lipinski definition) is 2. The third-order valence-electron chi connectivity index (χ3n) is 3.39. The zero-order valence-electron chi connectivity index (χ0n) is 13.3. The van der Waals surface area contributed by atoms with Crippen LogP contribution < -0.4 is 10.6 Å². The predicted octanol–water partition coefficient (Wildman–Crippen LogP) is 1.99. The van der Waals surface area contributed by atoms with Gasteiger partial charge in [0.15, 0.2) is 0 Å². The Morgan fingerprint density at radius 3 is 2.67 bits per heavy atom. The van der Waals surface area contributed by atoms with Crippen molar-refractivity contribution in [3.8, 4) is 0 Å². The molecule has 0 fully saturated rings. The molecule has 1 atom stereocenters. The van der Waals surface area contributed by atoms with E-state index in [9.17, 15) is 9.59 Å². The fourth-order valence-corrected chi connectivity index (χ4v) is 1.75. The zero-order chi connectivity index (χ0) is 15.8. The van der Waals surface area contributed by atoms with Gasteiger partial charge in [-0.2, -0.15) is 0 Å². The number of nitrogens with zero attached hydrogens (tertiary/aromatic N) is 1. The van der Waals surface area contributed by atoms with Crippen molar-refractivity contribution in [1.29, 1.82) is 0 Å². The summed E-state index contributed by atoms with van der Waals surface area (Å²) in [5.41, 5.74) is 1.74. The van der Waals surface area contributed by atoms with Crippen LogP contribution in [-0.4, -0.2) is 36.3 Å². The van der Waals surface area contributed by atoms with E-state index in [-0.39, 0.29) is 11.8 Å². The Balaban J connectivity index is 2.56. The minimum absolute atomic E-state index is 0.0159. The van der Waals surface area contributed by atoms with Gasteiger partial charge in [-0.05, 0) is 31.0 Å². The number of carbonyl (C=O) groups excluding carboxylic acids is 2. The second-order valence-corrected chi connectivity index (χ2v) is 5.31. The topological polar surface area (TPSA) is 61.4 Å². The van der Waals surface area contributed by atoms with Gasteiger partial charge in [-0.25, -0.2) is 0 Å². The minimum atomic E-state index is -0.0626. The molecular formula is C16H25N3O2. The first kappa shape index (κ1) is 17.2. The normalized spacial score (nSPS) is 11.8. The fraction of sp³-hybridized carbons (Fsp3) is 0.500.